The van der Waals surface area contributed by atoms with Gasteiger partial charge in [0.2, 0.25) is 0 Å². The molecule has 2 fully saturated rings. The lowest BCUT2D eigenvalue weighted by molar-refractivity contribution is -0.141. The Morgan fingerprint density at radius 1 is 1.08 bits per heavy atom. The van der Waals surface area contributed by atoms with Gasteiger partial charge in [0.1, 0.15) is 5.69 Å². The molecule has 1 saturated heterocycles. The molecule has 24 heavy (non-hydrogen) atoms. The van der Waals surface area contributed by atoms with E-state index in [0.29, 0.717) is 19.1 Å². The van der Waals surface area contributed by atoms with E-state index in [0.717, 1.165) is 25.6 Å². The largest absolute Gasteiger partial charge is 0.432 e. The van der Waals surface area contributed by atoms with Crippen LogP contribution in [-0.2, 0) is 6.18 Å². The Kier molecular flexibility index (Phi) is 5.12. The van der Waals surface area contributed by atoms with Gasteiger partial charge in [-0.15, -0.1) is 0 Å². The zero-order valence-electron chi connectivity index (χ0n) is 13.6. The van der Waals surface area contributed by atoms with Gasteiger partial charge in [0.15, 0.2) is 5.69 Å². The van der Waals surface area contributed by atoms with Crippen molar-refractivity contribution in [3.8, 4) is 0 Å². The fourth-order valence-electron chi connectivity index (χ4n) is 3.69. The molecule has 2 aliphatic rings. The van der Waals surface area contributed by atoms with Crippen LogP contribution in [0.4, 0.5) is 13.2 Å². The smallest absolute Gasteiger partial charge is 0.336 e. The average Bonchev–Trinajstić information content (AvgIpc) is 2.94. The zero-order chi connectivity index (χ0) is 17.2. The third-order valence-electron chi connectivity index (χ3n) is 5.01. The monoisotopic (exact) mass is 344 g/mol. The number of halogens is 3. The minimum Gasteiger partial charge on any atom is -0.336 e. The molecule has 1 saturated carbocycles. The predicted octanol–water partition coefficient (Wildman–Crippen LogP) is 2.91. The summed E-state index contributed by atoms with van der Waals surface area (Å²) >= 11 is 0. The maximum absolute atomic E-state index is 12.6. The van der Waals surface area contributed by atoms with Crippen molar-refractivity contribution < 1.29 is 18.0 Å². The van der Waals surface area contributed by atoms with Crippen molar-refractivity contribution in [1.82, 2.24) is 20.0 Å². The van der Waals surface area contributed by atoms with E-state index in [-0.39, 0.29) is 5.69 Å². The molecule has 1 N–H and O–H groups in total. The first-order valence-corrected chi connectivity index (χ1v) is 8.61. The standard InChI is InChI=1S/C16H23F3N4O/c17-16(18,19)14-11-13(20-21-14)15(24)23-8-4-7-22(9-10-23)12-5-2-1-3-6-12/h11-12H,1-10H2,(H,20,21). The average molecular weight is 344 g/mol. The van der Waals surface area contributed by atoms with Gasteiger partial charge in [-0.2, -0.15) is 18.3 Å². The van der Waals surface area contributed by atoms with Gasteiger partial charge in [0, 0.05) is 38.3 Å². The van der Waals surface area contributed by atoms with E-state index in [9.17, 15) is 18.0 Å². The van der Waals surface area contributed by atoms with E-state index in [1.165, 1.54) is 32.1 Å². The summed E-state index contributed by atoms with van der Waals surface area (Å²) in [5, 5.41) is 5.46. The molecule has 0 spiro atoms. The lowest BCUT2D eigenvalue weighted by Crippen LogP contribution is -2.40. The Morgan fingerprint density at radius 3 is 2.50 bits per heavy atom. The highest BCUT2D eigenvalue weighted by Gasteiger charge is 2.34. The molecule has 8 heteroatoms. The van der Waals surface area contributed by atoms with Crippen LogP contribution in [0.1, 0.15) is 54.7 Å². The minimum atomic E-state index is -4.51. The lowest BCUT2D eigenvalue weighted by Gasteiger charge is -2.33. The molecule has 0 atom stereocenters. The Morgan fingerprint density at radius 2 is 1.83 bits per heavy atom. The Hall–Kier alpha value is -1.57. The van der Waals surface area contributed by atoms with Gasteiger partial charge < -0.3 is 4.90 Å². The lowest BCUT2D eigenvalue weighted by atomic mass is 9.94. The van der Waals surface area contributed by atoms with Crippen molar-refractivity contribution in [1.29, 1.82) is 0 Å². The maximum atomic E-state index is 12.6. The van der Waals surface area contributed by atoms with Crippen LogP contribution in [0.15, 0.2) is 6.07 Å². The molecule has 2 heterocycles. The molecule has 0 radical (unpaired) electrons. The highest BCUT2D eigenvalue weighted by atomic mass is 19.4. The summed E-state index contributed by atoms with van der Waals surface area (Å²) in [6, 6.07) is 1.39. The topological polar surface area (TPSA) is 52.2 Å². The second-order valence-electron chi connectivity index (χ2n) is 6.64. The number of H-pyrrole nitrogens is 1. The summed E-state index contributed by atoms with van der Waals surface area (Å²) in [5.74, 6) is -0.424. The summed E-state index contributed by atoms with van der Waals surface area (Å²) in [5.41, 5.74) is -1.14. The van der Waals surface area contributed by atoms with E-state index >= 15 is 0 Å². The van der Waals surface area contributed by atoms with Gasteiger partial charge in [0.25, 0.3) is 5.91 Å². The third-order valence-corrected chi connectivity index (χ3v) is 5.01. The summed E-state index contributed by atoms with van der Waals surface area (Å²) in [6.07, 6.45) is 2.58. The third kappa shape index (κ3) is 3.91. The summed E-state index contributed by atoms with van der Waals surface area (Å²) in [7, 11) is 0. The number of aromatic amines is 1. The number of nitrogens with one attached hydrogen (secondary N) is 1. The van der Waals surface area contributed by atoms with Crippen molar-refractivity contribution in [2.24, 2.45) is 0 Å². The first-order chi connectivity index (χ1) is 11.4. The number of nitrogens with zero attached hydrogens (tertiary/aromatic N) is 3. The number of amides is 1. The van der Waals surface area contributed by atoms with Crippen LogP contribution < -0.4 is 0 Å². The molecule has 1 amide bonds. The minimum absolute atomic E-state index is 0.159. The van der Waals surface area contributed by atoms with Gasteiger partial charge in [0.05, 0.1) is 0 Å². The van der Waals surface area contributed by atoms with Gasteiger partial charge in [-0.05, 0) is 19.3 Å². The van der Waals surface area contributed by atoms with Gasteiger partial charge in [-0.25, -0.2) is 0 Å². The molecule has 0 aromatic carbocycles. The van der Waals surface area contributed by atoms with Crippen LogP contribution >= 0.6 is 0 Å². The Bertz CT molecular complexity index is 566. The molecule has 1 aliphatic carbocycles. The molecular weight excluding hydrogens is 321 g/mol. The highest BCUT2D eigenvalue weighted by molar-refractivity contribution is 5.92. The molecule has 0 unspecified atom stereocenters. The molecular formula is C16H23F3N4O. The maximum Gasteiger partial charge on any atom is 0.432 e. The van der Waals surface area contributed by atoms with E-state index in [4.69, 9.17) is 0 Å². The fraction of sp³-hybridized carbons (Fsp3) is 0.750. The predicted molar refractivity (Wildman–Crippen MR) is 82.6 cm³/mol. The Labute approximate surface area is 139 Å². The molecule has 1 aromatic rings. The molecule has 1 aliphatic heterocycles. The molecule has 3 rings (SSSR count). The van der Waals surface area contributed by atoms with Crippen molar-refractivity contribution in [3.63, 3.8) is 0 Å². The van der Waals surface area contributed by atoms with Crippen LogP contribution in [0, 0.1) is 0 Å². The number of hydrogen-bond acceptors (Lipinski definition) is 3. The normalized spacial score (nSPS) is 21.7. The van der Waals surface area contributed by atoms with Crippen LogP contribution in [-0.4, -0.2) is 58.1 Å². The number of aromatic nitrogens is 2. The van der Waals surface area contributed by atoms with Crippen LogP contribution in [0.3, 0.4) is 0 Å². The second kappa shape index (κ2) is 7.13. The highest BCUT2D eigenvalue weighted by Crippen LogP contribution is 2.28. The van der Waals surface area contributed by atoms with Crippen molar-refractivity contribution in [2.45, 2.75) is 50.7 Å². The molecule has 5 nitrogen and oxygen atoms in total. The van der Waals surface area contributed by atoms with E-state index in [1.807, 2.05) is 5.10 Å². The first-order valence-electron chi connectivity index (χ1n) is 8.61. The first kappa shape index (κ1) is 17.3. The van der Waals surface area contributed by atoms with Crippen molar-refractivity contribution >= 4 is 5.91 Å². The summed E-state index contributed by atoms with van der Waals surface area (Å²) in [4.78, 5) is 16.5. The molecule has 1 aromatic heterocycles. The SMILES string of the molecule is O=C(c1cc(C(F)(F)F)[nH]n1)N1CCCN(C2CCCCC2)CC1. The molecule has 0 bridgehead atoms. The van der Waals surface area contributed by atoms with Crippen molar-refractivity contribution in [3.05, 3.63) is 17.5 Å². The van der Waals surface area contributed by atoms with E-state index in [2.05, 4.69) is 10.00 Å². The number of carbonyl (C=O) groups excluding carboxylic acids is 1. The van der Waals surface area contributed by atoms with Crippen molar-refractivity contribution in [2.75, 3.05) is 26.2 Å². The number of rotatable bonds is 2. The summed E-state index contributed by atoms with van der Waals surface area (Å²) < 4.78 is 37.9. The number of alkyl halides is 3. The van der Waals surface area contributed by atoms with E-state index in [1.54, 1.807) is 4.90 Å². The van der Waals surface area contributed by atoms with Crippen LogP contribution in [0.2, 0.25) is 0 Å². The van der Waals surface area contributed by atoms with Crippen LogP contribution in [0.25, 0.3) is 0 Å². The van der Waals surface area contributed by atoms with Gasteiger partial charge in [-0.1, -0.05) is 19.3 Å². The summed E-state index contributed by atoms with van der Waals surface area (Å²) in [6.45, 7) is 2.84. The zero-order valence-corrected chi connectivity index (χ0v) is 13.6. The number of hydrogen-bond donors (Lipinski definition) is 1. The fourth-order valence-corrected chi connectivity index (χ4v) is 3.69. The number of carbonyl (C=O) groups is 1. The van der Waals surface area contributed by atoms with Crippen LogP contribution in [0.5, 0.6) is 0 Å². The van der Waals surface area contributed by atoms with Gasteiger partial charge >= 0.3 is 6.18 Å². The molecule has 134 valence electrons. The quantitative estimate of drug-likeness (QED) is 0.897. The Balaban J connectivity index is 1.61. The van der Waals surface area contributed by atoms with Gasteiger partial charge in [-0.3, -0.25) is 14.8 Å². The second-order valence-corrected chi connectivity index (χ2v) is 6.64. The van der Waals surface area contributed by atoms with E-state index < -0.39 is 17.8 Å².